The molecule has 21 heavy (non-hydrogen) atoms. The van der Waals surface area contributed by atoms with E-state index in [1.54, 1.807) is 0 Å². The first-order chi connectivity index (χ1) is 10.1. The molecule has 0 N–H and O–H groups in total. The van der Waals surface area contributed by atoms with E-state index in [9.17, 15) is 0 Å². The molecule has 0 aliphatic rings. The second-order valence-electron chi connectivity index (χ2n) is 5.43. The van der Waals surface area contributed by atoms with Gasteiger partial charge in [0.05, 0.1) is 15.9 Å². The lowest BCUT2D eigenvalue weighted by Gasteiger charge is -2.23. The predicted molar refractivity (Wildman–Crippen MR) is 93.6 cm³/mol. The molecule has 0 aliphatic carbocycles. The topological polar surface area (TPSA) is 24.3 Å². The summed E-state index contributed by atoms with van der Waals surface area (Å²) in [5.74, 6) is 0. The van der Waals surface area contributed by atoms with Crippen LogP contribution in [0.2, 0.25) is 0 Å². The standard InChI is InChI=1S/C16H31BrN4/c1-6-14-16(17)15(19(5)18-14)13-21(9-4)12-10-11-20(7-2)8-3/h6-13H2,1-5H3. The van der Waals surface area contributed by atoms with Gasteiger partial charge in [0, 0.05) is 13.6 Å². The molecule has 0 spiro atoms. The van der Waals surface area contributed by atoms with Gasteiger partial charge in [0.15, 0.2) is 0 Å². The molecular formula is C16H31BrN4. The third kappa shape index (κ3) is 5.38. The molecule has 0 atom stereocenters. The van der Waals surface area contributed by atoms with E-state index in [4.69, 9.17) is 0 Å². The van der Waals surface area contributed by atoms with Crippen LogP contribution in [0.25, 0.3) is 0 Å². The summed E-state index contributed by atoms with van der Waals surface area (Å²) in [5.41, 5.74) is 2.45. The summed E-state index contributed by atoms with van der Waals surface area (Å²) in [7, 11) is 2.04. The van der Waals surface area contributed by atoms with Crippen molar-refractivity contribution in [2.75, 3.05) is 32.7 Å². The minimum atomic E-state index is 0.971. The van der Waals surface area contributed by atoms with E-state index >= 15 is 0 Å². The lowest BCUT2D eigenvalue weighted by molar-refractivity contribution is 0.234. The van der Waals surface area contributed by atoms with Crippen molar-refractivity contribution in [3.05, 3.63) is 15.9 Å². The van der Waals surface area contributed by atoms with Crippen molar-refractivity contribution in [2.24, 2.45) is 7.05 Å². The van der Waals surface area contributed by atoms with E-state index in [-0.39, 0.29) is 0 Å². The Kier molecular flexibility index (Phi) is 8.52. The lowest BCUT2D eigenvalue weighted by Crippen LogP contribution is -2.30. The largest absolute Gasteiger partial charge is 0.304 e. The van der Waals surface area contributed by atoms with Gasteiger partial charge in [0.2, 0.25) is 0 Å². The molecular weight excluding hydrogens is 328 g/mol. The summed E-state index contributed by atoms with van der Waals surface area (Å²) < 4.78 is 3.21. The SMILES string of the molecule is CCc1nn(C)c(CN(CC)CCCN(CC)CC)c1Br. The van der Waals surface area contributed by atoms with Crippen molar-refractivity contribution in [3.63, 3.8) is 0 Å². The molecule has 0 saturated heterocycles. The Morgan fingerprint density at radius 3 is 2.05 bits per heavy atom. The van der Waals surface area contributed by atoms with Gasteiger partial charge in [-0.05, 0) is 61.5 Å². The van der Waals surface area contributed by atoms with Gasteiger partial charge in [-0.25, -0.2) is 0 Å². The van der Waals surface area contributed by atoms with Crippen molar-refractivity contribution >= 4 is 15.9 Å². The third-order valence-corrected chi connectivity index (χ3v) is 5.08. The number of hydrogen-bond acceptors (Lipinski definition) is 3. The van der Waals surface area contributed by atoms with E-state index in [0.717, 1.165) is 44.8 Å². The molecule has 0 amide bonds. The molecule has 122 valence electrons. The molecule has 0 saturated carbocycles. The van der Waals surface area contributed by atoms with Crippen molar-refractivity contribution < 1.29 is 0 Å². The van der Waals surface area contributed by atoms with Gasteiger partial charge in [-0.15, -0.1) is 0 Å². The second-order valence-corrected chi connectivity index (χ2v) is 6.23. The lowest BCUT2D eigenvalue weighted by atomic mass is 10.2. The third-order valence-electron chi connectivity index (χ3n) is 4.17. The summed E-state index contributed by atoms with van der Waals surface area (Å²) in [6, 6.07) is 0. The number of nitrogens with zero attached hydrogens (tertiary/aromatic N) is 4. The Balaban J connectivity index is 2.56. The highest BCUT2D eigenvalue weighted by molar-refractivity contribution is 9.10. The van der Waals surface area contributed by atoms with Gasteiger partial charge < -0.3 is 4.90 Å². The first-order valence-electron chi connectivity index (χ1n) is 8.22. The van der Waals surface area contributed by atoms with E-state index in [1.165, 1.54) is 23.1 Å². The minimum absolute atomic E-state index is 0.971. The zero-order valence-corrected chi connectivity index (χ0v) is 15.9. The molecule has 1 aromatic rings. The fourth-order valence-electron chi connectivity index (χ4n) is 2.61. The molecule has 1 aromatic heterocycles. The summed E-state index contributed by atoms with van der Waals surface area (Å²) in [6.07, 6.45) is 2.20. The highest BCUT2D eigenvalue weighted by Crippen LogP contribution is 2.22. The molecule has 0 unspecified atom stereocenters. The first kappa shape index (κ1) is 18.7. The van der Waals surface area contributed by atoms with Crippen molar-refractivity contribution in [1.82, 2.24) is 19.6 Å². The minimum Gasteiger partial charge on any atom is -0.304 e. The van der Waals surface area contributed by atoms with Gasteiger partial charge >= 0.3 is 0 Å². The average molecular weight is 359 g/mol. The first-order valence-corrected chi connectivity index (χ1v) is 9.01. The number of aryl methyl sites for hydroxylation is 2. The maximum Gasteiger partial charge on any atom is 0.0767 e. The van der Waals surface area contributed by atoms with Crippen LogP contribution in [0.4, 0.5) is 0 Å². The Bertz CT molecular complexity index is 413. The molecule has 0 radical (unpaired) electrons. The second kappa shape index (κ2) is 9.59. The Hall–Kier alpha value is -0.390. The number of rotatable bonds is 10. The van der Waals surface area contributed by atoms with Crippen LogP contribution in [0.1, 0.15) is 45.5 Å². The van der Waals surface area contributed by atoms with Crippen LogP contribution in [0.15, 0.2) is 4.47 Å². The number of halogens is 1. The molecule has 0 fully saturated rings. The normalized spacial score (nSPS) is 11.8. The quantitative estimate of drug-likeness (QED) is 0.641. The maximum atomic E-state index is 4.59. The molecule has 1 heterocycles. The molecule has 0 aliphatic heterocycles. The van der Waals surface area contributed by atoms with Gasteiger partial charge in [0.25, 0.3) is 0 Å². The van der Waals surface area contributed by atoms with Gasteiger partial charge in [-0.1, -0.05) is 27.7 Å². The predicted octanol–water partition coefficient (Wildman–Crippen LogP) is 3.30. The van der Waals surface area contributed by atoms with Crippen molar-refractivity contribution in [3.8, 4) is 0 Å². The summed E-state index contributed by atoms with van der Waals surface area (Å²) in [5, 5.41) is 4.59. The summed E-state index contributed by atoms with van der Waals surface area (Å²) in [4.78, 5) is 4.99. The number of aromatic nitrogens is 2. The van der Waals surface area contributed by atoms with Crippen LogP contribution in [-0.2, 0) is 20.0 Å². The molecule has 1 rings (SSSR count). The zero-order chi connectivity index (χ0) is 15.8. The van der Waals surface area contributed by atoms with Crippen LogP contribution in [0, 0.1) is 0 Å². The molecule has 4 nitrogen and oxygen atoms in total. The fraction of sp³-hybridized carbons (Fsp3) is 0.812. The zero-order valence-electron chi connectivity index (χ0n) is 14.3. The maximum absolute atomic E-state index is 4.59. The van der Waals surface area contributed by atoms with Crippen LogP contribution in [0.5, 0.6) is 0 Å². The highest BCUT2D eigenvalue weighted by atomic mass is 79.9. The van der Waals surface area contributed by atoms with Crippen molar-refractivity contribution in [2.45, 2.75) is 47.1 Å². The van der Waals surface area contributed by atoms with Gasteiger partial charge in [-0.2, -0.15) is 5.10 Å². The Morgan fingerprint density at radius 1 is 1.00 bits per heavy atom. The van der Waals surface area contributed by atoms with E-state index in [1.807, 2.05) is 11.7 Å². The summed E-state index contributed by atoms with van der Waals surface area (Å²) >= 11 is 3.72. The van der Waals surface area contributed by atoms with E-state index < -0.39 is 0 Å². The molecule has 0 bridgehead atoms. The van der Waals surface area contributed by atoms with Crippen LogP contribution in [-0.4, -0.2) is 52.3 Å². The van der Waals surface area contributed by atoms with Crippen molar-refractivity contribution in [1.29, 1.82) is 0 Å². The Labute approximate surface area is 138 Å². The highest BCUT2D eigenvalue weighted by Gasteiger charge is 2.15. The van der Waals surface area contributed by atoms with Crippen LogP contribution < -0.4 is 0 Å². The number of hydrogen-bond donors (Lipinski definition) is 0. The van der Waals surface area contributed by atoms with Crippen LogP contribution in [0.3, 0.4) is 0 Å². The molecule has 0 aromatic carbocycles. The van der Waals surface area contributed by atoms with Gasteiger partial charge in [-0.3, -0.25) is 9.58 Å². The average Bonchev–Trinajstić information content (AvgIpc) is 2.77. The smallest absolute Gasteiger partial charge is 0.0767 e. The Morgan fingerprint density at radius 2 is 1.57 bits per heavy atom. The summed E-state index contributed by atoms with van der Waals surface area (Å²) in [6.45, 7) is 15.5. The molecule has 5 heteroatoms. The van der Waals surface area contributed by atoms with E-state index in [0.29, 0.717) is 0 Å². The van der Waals surface area contributed by atoms with Crippen LogP contribution >= 0.6 is 15.9 Å². The monoisotopic (exact) mass is 358 g/mol. The fourth-order valence-corrected chi connectivity index (χ4v) is 3.35. The van der Waals surface area contributed by atoms with E-state index in [2.05, 4.69) is 58.5 Å². The van der Waals surface area contributed by atoms with Gasteiger partial charge in [0.1, 0.15) is 0 Å².